The van der Waals surface area contributed by atoms with Crippen LogP contribution in [0.3, 0.4) is 0 Å². The summed E-state index contributed by atoms with van der Waals surface area (Å²) in [5.41, 5.74) is 4.75. The molecule has 0 bridgehead atoms. The Morgan fingerprint density at radius 1 is 1.09 bits per heavy atom. The van der Waals surface area contributed by atoms with Crippen molar-refractivity contribution in [1.82, 2.24) is 9.88 Å². The Morgan fingerprint density at radius 2 is 1.83 bits per heavy atom. The van der Waals surface area contributed by atoms with Crippen molar-refractivity contribution in [1.29, 1.82) is 0 Å². The number of rotatable bonds is 3. The molecule has 0 spiro atoms. The van der Waals surface area contributed by atoms with E-state index < -0.39 is 0 Å². The summed E-state index contributed by atoms with van der Waals surface area (Å²) in [4.78, 5) is 17.0. The van der Waals surface area contributed by atoms with Crippen molar-refractivity contribution >= 4 is 16.8 Å². The number of nitrogens with one attached hydrogen (secondary N) is 1. The average Bonchev–Trinajstić information content (AvgIpc) is 2.96. The zero-order valence-electron chi connectivity index (χ0n) is 13.8. The Morgan fingerprint density at radius 3 is 2.52 bits per heavy atom. The first-order chi connectivity index (χ1) is 11.0. The highest BCUT2D eigenvalue weighted by Crippen LogP contribution is 2.36. The molecule has 4 heteroatoms. The van der Waals surface area contributed by atoms with Crippen molar-refractivity contribution in [2.75, 3.05) is 21.2 Å². The molecule has 0 fully saturated rings. The van der Waals surface area contributed by atoms with Crippen molar-refractivity contribution in [2.24, 2.45) is 0 Å². The van der Waals surface area contributed by atoms with Crippen molar-refractivity contribution in [3.05, 3.63) is 53.7 Å². The Kier molecular flexibility index (Phi) is 3.82. The Balaban J connectivity index is 2.26. The summed E-state index contributed by atoms with van der Waals surface area (Å²) in [5.74, 6) is 0.783. The fraction of sp³-hybridized carbons (Fsp3) is 0.211. The van der Waals surface area contributed by atoms with E-state index in [1.807, 2.05) is 37.3 Å². The molecule has 1 heterocycles. The maximum absolute atomic E-state index is 12.2. The van der Waals surface area contributed by atoms with Crippen LogP contribution in [0.2, 0.25) is 0 Å². The van der Waals surface area contributed by atoms with E-state index in [0.29, 0.717) is 5.69 Å². The molecule has 0 radical (unpaired) electrons. The standard InChI is InChI=1S/C19H20N2O2/c1-12-9-14(13-7-5-6-8-18(13)23-4)15-11-17(19(22)21(2)3)20-16(15)10-12/h5-11,20H,1-4H3. The Labute approximate surface area is 135 Å². The smallest absolute Gasteiger partial charge is 0.269 e. The summed E-state index contributed by atoms with van der Waals surface area (Å²) in [5, 5.41) is 1.02. The Hall–Kier alpha value is -2.75. The van der Waals surface area contributed by atoms with Gasteiger partial charge in [0, 0.05) is 30.6 Å². The van der Waals surface area contributed by atoms with Crippen molar-refractivity contribution in [2.45, 2.75) is 6.92 Å². The monoisotopic (exact) mass is 308 g/mol. The van der Waals surface area contributed by atoms with Gasteiger partial charge in [0.2, 0.25) is 0 Å². The van der Waals surface area contributed by atoms with E-state index >= 15 is 0 Å². The van der Waals surface area contributed by atoms with Crippen LogP contribution in [-0.2, 0) is 0 Å². The normalized spacial score (nSPS) is 10.8. The van der Waals surface area contributed by atoms with E-state index in [0.717, 1.165) is 33.3 Å². The summed E-state index contributed by atoms with van der Waals surface area (Å²) >= 11 is 0. The van der Waals surface area contributed by atoms with Crippen molar-refractivity contribution in [3.8, 4) is 16.9 Å². The van der Waals surface area contributed by atoms with E-state index in [4.69, 9.17) is 4.74 Å². The van der Waals surface area contributed by atoms with Gasteiger partial charge in [0.25, 0.3) is 5.91 Å². The molecule has 0 aliphatic carbocycles. The van der Waals surface area contributed by atoms with Gasteiger partial charge < -0.3 is 14.6 Å². The summed E-state index contributed by atoms with van der Waals surface area (Å²) in [7, 11) is 5.17. The van der Waals surface area contributed by atoms with Gasteiger partial charge in [0.05, 0.1) is 7.11 Å². The molecule has 1 N–H and O–H groups in total. The molecule has 23 heavy (non-hydrogen) atoms. The predicted molar refractivity (Wildman–Crippen MR) is 93.0 cm³/mol. The van der Waals surface area contributed by atoms with Gasteiger partial charge >= 0.3 is 0 Å². The van der Waals surface area contributed by atoms with Crippen LogP contribution in [0.1, 0.15) is 16.1 Å². The molecular weight excluding hydrogens is 288 g/mol. The van der Waals surface area contributed by atoms with Gasteiger partial charge in [-0.2, -0.15) is 0 Å². The average molecular weight is 308 g/mol. The zero-order valence-corrected chi connectivity index (χ0v) is 13.8. The topological polar surface area (TPSA) is 45.3 Å². The number of H-pyrrole nitrogens is 1. The van der Waals surface area contributed by atoms with Crippen molar-refractivity contribution < 1.29 is 9.53 Å². The predicted octanol–water partition coefficient (Wildman–Crippen LogP) is 3.85. The highest BCUT2D eigenvalue weighted by Gasteiger charge is 2.16. The molecule has 2 aromatic carbocycles. The van der Waals surface area contributed by atoms with Crippen LogP contribution in [0.4, 0.5) is 0 Å². The van der Waals surface area contributed by atoms with Gasteiger partial charge in [0.1, 0.15) is 11.4 Å². The molecule has 1 amide bonds. The number of ether oxygens (including phenoxy) is 1. The first-order valence-corrected chi connectivity index (χ1v) is 7.49. The summed E-state index contributed by atoms with van der Waals surface area (Å²) in [6.07, 6.45) is 0. The number of aryl methyl sites for hydroxylation is 1. The number of methoxy groups -OCH3 is 1. The third-order valence-electron chi connectivity index (χ3n) is 3.92. The fourth-order valence-electron chi connectivity index (χ4n) is 2.83. The van der Waals surface area contributed by atoms with Gasteiger partial charge in [0.15, 0.2) is 0 Å². The fourth-order valence-corrected chi connectivity index (χ4v) is 2.83. The third kappa shape index (κ3) is 2.68. The molecule has 0 atom stereocenters. The lowest BCUT2D eigenvalue weighted by Gasteiger charge is -2.10. The highest BCUT2D eigenvalue weighted by molar-refractivity contribution is 6.03. The molecular formula is C19H20N2O2. The molecule has 0 aliphatic heterocycles. The van der Waals surface area contributed by atoms with E-state index in [9.17, 15) is 4.79 Å². The number of aromatic nitrogens is 1. The number of fused-ring (bicyclic) bond motifs is 1. The van der Waals surface area contributed by atoms with E-state index in [-0.39, 0.29) is 5.91 Å². The lowest BCUT2D eigenvalue weighted by atomic mass is 9.98. The van der Waals surface area contributed by atoms with Gasteiger partial charge in [-0.15, -0.1) is 0 Å². The minimum absolute atomic E-state index is 0.0372. The van der Waals surface area contributed by atoms with Crippen LogP contribution in [0.25, 0.3) is 22.0 Å². The number of hydrogen-bond acceptors (Lipinski definition) is 2. The molecule has 0 unspecified atom stereocenters. The molecule has 4 nitrogen and oxygen atoms in total. The van der Waals surface area contributed by atoms with Gasteiger partial charge in [-0.1, -0.05) is 24.3 Å². The second kappa shape index (κ2) is 5.80. The molecule has 3 rings (SSSR count). The molecule has 0 saturated heterocycles. The maximum atomic E-state index is 12.2. The molecule has 1 aromatic heterocycles. The van der Waals surface area contributed by atoms with E-state index in [1.54, 1.807) is 26.1 Å². The van der Waals surface area contributed by atoms with Crippen LogP contribution in [0.5, 0.6) is 5.75 Å². The largest absolute Gasteiger partial charge is 0.496 e. The van der Waals surface area contributed by atoms with E-state index in [1.165, 1.54) is 0 Å². The number of carbonyl (C=O) groups is 1. The minimum Gasteiger partial charge on any atom is -0.496 e. The number of para-hydroxylation sites is 1. The summed E-state index contributed by atoms with van der Waals surface area (Å²) < 4.78 is 5.50. The molecule has 0 aliphatic rings. The zero-order chi connectivity index (χ0) is 16.6. The molecule has 3 aromatic rings. The molecule has 0 saturated carbocycles. The lowest BCUT2D eigenvalue weighted by Crippen LogP contribution is -2.21. The maximum Gasteiger partial charge on any atom is 0.269 e. The first kappa shape index (κ1) is 15.2. The van der Waals surface area contributed by atoms with Gasteiger partial charge in [-0.25, -0.2) is 0 Å². The quantitative estimate of drug-likeness (QED) is 0.798. The Bertz CT molecular complexity index is 878. The van der Waals surface area contributed by atoms with Crippen LogP contribution < -0.4 is 4.74 Å². The number of hydrogen-bond donors (Lipinski definition) is 1. The second-order valence-corrected chi connectivity index (χ2v) is 5.86. The highest BCUT2D eigenvalue weighted by atomic mass is 16.5. The number of nitrogens with zero attached hydrogens (tertiary/aromatic N) is 1. The van der Waals surface area contributed by atoms with Crippen molar-refractivity contribution in [3.63, 3.8) is 0 Å². The van der Waals surface area contributed by atoms with Crippen LogP contribution in [0, 0.1) is 6.92 Å². The number of amides is 1. The van der Waals surface area contributed by atoms with Gasteiger partial charge in [-0.05, 0) is 36.2 Å². The lowest BCUT2D eigenvalue weighted by molar-refractivity contribution is 0.0823. The summed E-state index contributed by atoms with van der Waals surface area (Å²) in [6.45, 7) is 2.05. The van der Waals surface area contributed by atoms with E-state index in [2.05, 4.69) is 17.1 Å². The van der Waals surface area contributed by atoms with Gasteiger partial charge in [-0.3, -0.25) is 4.79 Å². The molecule has 118 valence electrons. The number of benzene rings is 2. The minimum atomic E-state index is -0.0372. The second-order valence-electron chi connectivity index (χ2n) is 5.86. The number of carbonyl (C=O) groups excluding carboxylic acids is 1. The first-order valence-electron chi connectivity index (χ1n) is 7.49. The van der Waals surface area contributed by atoms with Crippen LogP contribution >= 0.6 is 0 Å². The summed E-state index contributed by atoms with van der Waals surface area (Å²) in [6, 6.07) is 14.0. The van der Waals surface area contributed by atoms with Crippen LogP contribution in [-0.4, -0.2) is 37.0 Å². The van der Waals surface area contributed by atoms with Crippen LogP contribution in [0.15, 0.2) is 42.5 Å². The number of aromatic amines is 1. The third-order valence-corrected chi connectivity index (χ3v) is 3.92. The SMILES string of the molecule is COc1ccccc1-c1cc(C)cc2[nH]c(C(=O)N(C)C)cc12.